The molecule has 7 heteroatoms. The van der Waals surface area contributed by atoms with Gasteiger partial charge in [-0.1, -0.05) is 24.3 Å². The van der Waals surface area contributed by atoms with Crippen LogP contribution >= 0.6 is 23.5 Å². The minimum absolute atomic E-state index is 0.0716. The van der Waals surface area contributed by atoms with Gasteiger partial charge in [0, 0.05) is 23.6 Å². The molecule has 1 heterocycles. The molecule has 2 aromatic rings. The Morgan fingerprint density at radius 3 is 2.52 bits per heavy atom. The minimum Gasteiger partial charge on any atom is -0.496 e. The van der Waals surface area contributed by atoms with Crippen LogP contribution in [0.5, 0.6) is 17.2 Å². The molecule has 1 fully saturated rings. The Balaban J connectivity index is 1.55. The van der Waals surface area contributed by atoms with E-state index in [1.165, 1.54) is 17.1 Å². The van der Waals surface area contributed by atoms with Gasteiger partial charge >= 0.3 is 0 Å². The Kier molecular flexibility index (Phi) is 7.18. The van der Waals surface area contributed by atoms with Gasteiger partial charge in [-0.05, 0) is 23.8 Å². The lowest BCUT2D eigenvalue weighted by molar-refractivity contribution is -0.123. The number of para-hydroxylation sites is 1. The molecule has 1 amide bonds. The Labute approximate surface area is 168 Å². The lowest BCUT2D eigenvalue weighted by atomic mass is 10.2. The molecule has 2 aromatic carbocycles. The normalized spacial score (nSPS) is 14.0. The smallest absolute Gasteiger partial charge is 0.258 e. The Morgan fingerprint density at radius 1 is 1.04 bits per heavy atom. The summed E-state index contributed by atoms with van der Waals surface area (Å²) in [5, 5.41) is 2.85. The summed E-state index contributed by atoms with van der Waals surface area (Å²) in [4.78, 5) is 12.1. The molecule has 0 atom stereocenters. The number of rotatable bonds is 8. The number of methoxy groups -OCH3 is 2. The molecule has 0 unspecified atom stereocenters. The van der Waals surface area contributed by atoms with E-state index in [1.807, 2.05) is 66.0 Å². The standard InChI is InChI=1S/C20H23NO4S2/c1-23-16-6-4-3-5-15(16)12-21-19(22)13-25-17-8-7-14(11-18(17)24-2)20-26-9-10-27-20/h3-8,11,20H,9-10,12-13H2,1-2H3,(H,21,22). The first-order valence-corrected chi connectivity index (χ1v) is 10.7. The van der Waals surface area contributed by atoms with Crippen molar-refractivity contribution in [1.82, 2.24) is 5.32 Å². The number of thioether (sulfide) groups is 2. The van der Waals surface area contributed by atoms with E-state index in [4.69, 9.17) is 14.2 Å². The zero-order chi connectivity index (χ0) is 19.1. The van der Waals surface area contributed by atoms with Crippen molar-refractivity contribution in [1.29, 1.82) is 0 Å². The van der Waals surface area contributed by atoms with Crippen molar-refractivity contribution in [2.24, 2.45) is 0 Å². The van der Waals surface area contributed by atoms with Crippen molar-refractivity contribution >= 4 is 29.4 Å². The molecule has 1 aliphatic heterocycles. The summed E-state index contributed by atoms with van der Waals surface area (Å²) in [5.74, 6) is 4.11. The summed E-state index contributed by atoms with van der Waals surface area (Å²) in [5.41, 5.74) is 2.13. The fraction of sp³-hybridized carbons (Fsp3) is 0.350. The quantitative estimate of drug-likeness (QED) is 0.719. The Bertz CT molecular complexity index is 778. The van der Waals surface area contributed by atoms with Gasteiger partial charge in [-0.25, -0.2) is 0 Å². The van der Waals surface area contributed by atoms with E-state index in [1.54, 1.807) is 14.2 Å². The van der Waals surface area contributed by atoms with E-state index in [2.05, 4.69) is 5.32 Å². The number of hydrogen-bond acceptors (Lipinski definition) is 6. The molecule has 0 spiro atoms. The number of amides is 1. The second kappa shape index (κ2) is 9.80. The molecule has 144 valence electrons. The summed E-state index contributed by atoms with van der Waals surface area (Å²) in [6.45, 7) is 0.316. The van der Waals surface area contributed by atoms with Crippen molar-refractivity contribution in [2.75, 3.05) is 32.3 Å². The molecular weight excluding hydrogens is 382 g/mol. The number of ether oxygens (including phenoxy) is 3. The molecule has 1 saturated heterocycles. The van der Waals surface area contributed by atoms with Crippen molar-refractivity contribution < 1.29 is 19.0 Å². The summed E-state index contributed by atoms with van der Waals surface area (Å²) < 4.78 is 16.8. The van der Waals surface area contributed by atoms with Crippen LogP contribution in [0.1, 0.15) is 15.7 Å². The molecule has 3 rings (SSSR count). The predicted octanol–water partition coefficient (Wildman–Crippen LogP) is 3.88. The van der Waals surface area contributed by atoms with Crippen LogP contribution in [-0.2, 0) is 11.3 Å². The lowest BCUT2D eigenvalue weighted by Gasteiger charge is -2.14. The minimum atomic E-state index is -0.200. The van der Waals surface area contributed by atoms with E-state index in [9.17, 15) is 4.79 Å². The molecular formula is C20H23NO4S2. The van der Waals surface area contributed by atoms with Gasteiger partial charge < -0.3 is 19.5 Å². The van der Waals surface area contributed by atoms with Crippen molar-refractivity contribution in [3.8, 4) is 17.2 Å². The number of carbonyl (C=O) groups is 1. The van der Waals surface area contributed by atoms with E-state index < -0.39 is 0 Å². The zero-order valence-corrected chi connectivity index (χ0v) is 17.0. The van der Waals surface area contributed by atoms with Crippen molar-refractivity contribution in [2.45, 2.75) is 11.1 Å². The lowest BCUT2D eigenvalue weighted by Crippen LogP contribution is -2.28. The molecule has 27 heavy (non-hydrogen) atoms. The van der Waals surface area contributed by atoms with Crippen LogP contribution in [0, 0.1) is 0 Å². The number of nitrogens with one attached hydrogen (secondary N) is 1. The van der Waals surface area contributed by atoms with Gasteiger partial charge in [-0.2, -0.15) is 0 Å². The number of carbonyl (C=O) groups excluding carboxylic acids is 1. The van der Waals surface area contributed by atoms with Gasteiger partial charge in [0.2, 0.25) is 0 Å². The second-order valence-electron chi connectivity index (χ2n) is 5.86. The maximum Gasteiger partial charge on any atom is 0.258 e. The average molecular weight is 406 g/mol. The van der Waals surface area contributed by atoms with Crippen LogP contribution in [0.25, 0.3) is 0 Å². The van der Waals surface area contributed by atoms with Gasteiger partial charge in [-0.15, -0.1) is 23.5 Å². The maximum atomic E-state index is 12.1. The summed E-state index contributed by atoms with van der Waals surface area (Å²) in [6, 6.07) is 13.5. The number of hydrogen-bond donors (Lipinski definition) is 1. The third-order valence-corrected chi connectivity index (χ3v) is 7.21. The third-order valence-electron chi connectivity index (χ3n) is 4.11. The Morgan fingerprint density at radius 2 is 1.78 bits per heavy atom. The molecule has 1 aliphatic rings. The van der Waals surface area contributed by atoms with Crippen LogP contribution < -0.4 is 19.5 Å². The van der Waals surface area contributed by atoms with Gasteiger partial charge in [0.25, 0.3) is 5.91 Å². The fourth-order valence-electron chi connectivity index (χ4n) is 2.74. The first-order chi connectivity index (χ1) is 13.2. The van der Waals surface area contributed by atoms with E-state index >= 15 is 0 Å². The maximum absolute atomic E-state index is 12.1. The van der Waals surface area contributed by atoms with Crippen molar-refractivity contribution in [3.63, 3.8) is 0 Å². The molecule has 0 aromatic heterocycles. The van der Waals surface area contributed by atoms with E-state index in [0.717, 1.165) is 11.3 Å². The predicted molar refractivity (Wildman–Crippen MR) is 111 cm³/mol. The Hall–Kier alpha value is -1.99. The van der Waals surface area contributed by atoms with Gasteiger partial charge in [0.15, 0.2) is 18.1 Å². The van der Waals surface area contributed by atoms with Gasteiger partial charge in [0.1, 0.15) is 5.75 Å². The van der Waals surface area contributed by atoms with Crippen LogP contribution in [0.15, 0.2) is 42.5 Å². The van der Waals surface area contributed by atoms with Gasteiger partial charge in [0.05, 0.1) is 18.8 Å². The SMILES string of the molecule is COc1ccccc1CNC(=O)COc1ccc(C2SCCS2)cc1OC. The third kappa shape index (κ3) is 5.26. The largest absolute Gasteiger partial charge is 0.496 e. The first kappa shape index (κ1) is 19.8. The highest BCUT2D eigenvalue weighted by molar-refractivity contribution is 8.19. The van der Waals surface area contributed by atoms with Crippen LogP contribution in [0.3, 0.4) is 0 Å². The second-order valence-corrected chi connectivity index (χ2v) is 8.59. The molecule has 0 bridgehead atoms. The van der Waals surface area contributed by atoms with Crippen molar-refractivity contribution in [3.05, 3.63) is 53.6 Å². The first-order valence-electron chi connectivity index (χ1n) is 8.64. The summed E-state index contributed by atoms with van der Waals surface area (Å²) in [6.07, 6.45) is 0. The fourth-order valence-corrected chi connectivity index (χ4v) is 5.58. The molecule has 5 nitrogen and oxygen atoms in total. The van der Waals surface area contributed by atoms with Crippen LogP contribution in [0.4, 0.5) is 0 Å². The molecule has 0 saturated carbocycles. The average Bonchev–Trinajstić information content (AvgIpc) is 3.25. The topological polar surface area (TPSA) is 56.8 Å². The van der Waals surface area contributed by atoms with Crippen LogP contribution in [-0.4, -0.2) is 38.2 Å². The highest BCUT2D eigenvalue weighted by Gasteiger charge is 2.20. The summed E-state index contributed by atoms with van der Waals surface area (Å²) in [7, 11) is 3.23. The van der Waals surface area contributed by atoms with E-state index in [0.29, 0.717) is 22.6 Å². The number of benzene rings is 2. The van der Waals surface area contributed by atoms with Gasteiger partial charge in [-0.3, -0.25) is 4.79 Å². The zero-order valence-electron chi connectivity index (χ0n) is 15.4. The highest BCUT2D eigenvalue weighted by Crippen LogP contribution is 2.46. The molecule has 0 aliphatic carbocycles. The van der Waals surface area contributed by atoms with E-state index in [-0.39, 0.29) is 12.5 Å². The van der Waals surface area contributed by atoms with Crippen LogP contribution in [0.2, 0.25) is 0 Å². The highest BCUT2D eigenvalue weighted by atomic mass is 32.2. The summed E-state index contributed by atoms with van der Waals surface area (Å²) >= 11 is 3.88. The molecule has 0 radical (unpaired) electrons. The monoisotopic (exact) mass is 405 g/mol. The molecule has 1 N–H and O–H groups in total.